The van der Waals surface area contributed by atoms with Gasteiger partial charge in [-0.05, 0) is 18.8 Å². The van der Waals surface area contributed by atoms with Gasteiger partial charge in [-0.1, -0.05) is 27.2 Å². The Hall–Kier alpha value is -0.510. The molecule has 2 amide bonds. The number of methoxy groups -OCH3 is 1. The van der Waals surface area contributed by atoms with Crippen LogP contribution in [0.15, 0.2) is 4.99 Å². The van der Waals surface area contributed by atoms with Gasteiger partial charge in [0.05, 0.1) is 19.2 Å². The van der Waals surface area contributed by atoms with E-state index in [1.165, 1.54) is 0 Å². The fraction of sp³-hybridized carbons (Fsp3) is 0.800. The summed E-state index contributed by atoms with van der Waals surface area (Å²) in [4.78, 5) is 27.1. The van der Waals surface area contributed by atoms with Crippen LogP contribution in [0.4, 0.5) is 0 Å². The van der Waals surface area contributed by atoms with E-state index in [0.717, 1.165) is 12.8 Å². The van der Waals surface area contributed by atoms with Crippen LogP contribution in [0.2, 0.25) is 0 Å². The number of amides is 2. The second-order valence-corrected chi connectivity index (χ2v) is 5.05. The van der Waals surface area contributed by atoms with E-state index in [4.69, 9.17) is 10.2 Å². The Morgan fingerprint density at radius 2 is 1.71 bits per heavy atom. The first-order chi connectivity index (χ1) is 10.8. The number of amidine groups is 1. The Balaban J connectivity index is -0.000000471. The van der Waals surface area contributed by atoms with E-state index >= 15 is 0 Å². The van der Waals surface area contributed by atoms with Crippen molar-refractivity contribution in [3.8, 4) is 0 Å². The van der Waals surface area contributed by atoms with Crippen LogP contribution in [0.5, 0.6) is 0 Å². The van der Waals surface area contributed by atoms with Crippen molar-refractivity contribution < 1.29 is 59.2 Å². The summed E-state index contributed by atoms with van der Waals surface area (Å²) >= 11 is 0. The number of aliphatic imine (C=N–C) groups is 1. The van der Waals surface area contributed by atoms with Gasteiger partial charge in [-0.3, -0.25) is 9.59 Å². The first-order valence-corrected chi connectivity index (χ1v) is 7.55. The molecule has 0 bridgehead atoms. The van der Waals surface area contributed by atoms with E-state index in [1.54, 1.807) is 21.1 Å². The van der Waals surface area contributed by atoms with Gasteiger partial charge in [-0.2, -0.15) is 0 Å². The summed E-state index contributed by atoms with van der Waals surface area (Å²) < 4.78 is 4.25. The minimum Gasteiger partial charge on any atom is -0.846 e. The van der Waals surface area contributed by atoms with E-state index < -0.39 is 23.3 Å². The molecule has 1 aliphatic heterocycles. The second-order valence-electron chi connectivity index (χ2n) is 5.05. The fourth-order valence-corrected chi connectivity index (χ4v) is 2.30. The molecule has 1 aliphatic rings. The quantitative estimate of drug-likeness (QED) is 0.345. The third-order valence-corrected chi connectivity index (χ3v) is 3.43. The molecule has 3 N–H and O–H groups in total. The third-order valence-electron chi connectivity index (χ3n) is 3.43. The third kappa shape index (κ3) is 8.55. The normalized spacial score (nSPS) is 20.2. The van der Waals surface area contributed by atoms with Gasteiger partial charge in [0.2, 0.25) is 5.91 Å². The Morgan fingerprint density at radius 3 is 2.00 bits per heavy atom. The van der Waals surface area contributed by atoms with Gasteiger partial charge in [0.15, 0.2) is 0 Å². The number of carbonyl (C=O) groups is 2. The summed E-state index contributed by atoms with van der Waals surface area (Å²) in [6.07, 6.45) is 2.02. The van der Waals surface area contributed by atoms with Crippen molar-refractivity contribution in [1.29, 1.82) is 0 Å². The van der Waals surface area contributed by atoms with Crippen molar-refractivity contribution in [1.82, 2.24) is 5.32 Å². The molecule has 1 heterocycles. The molecule has 0 spiro atoms. The van der Waals surface area contributed by atoms with Crippen molar-refractivity contribution in [2.75, 3.05) is 27.4 Å². The van der Waals surface area contributed by atoms with Crippen LogP contribution in [0.25, 0.3) is 0 Å². The largest absolute Gasteiger partial charge is 1.00 e. The zero-order valence-electron chi connectivity index (χ0n) is 15.6. The Kier molecular flexibility index (Phi) is 18.8. The maximum Gasteiger partial charge on any atom is 1.00 e. The zero-order chi connectivity index (χ0) is 18.5. The molecule has 2 atom stereocenters. The monoisotopic (exact) mass is 356 g/mol. The minimum absolute atomic E-state index is 0. The number of ether oxygens (including phenoxy) is 1. The van der Waals surface area contributed by atoms with E-state index in [1.807, 2.05) is 13.8 Å². The number of nitrogens with zero attached hydrogens (tertiary/aromatic N) is 1. The molecule has 0 saturated heterocycles. The second kappa shape index (κ2) is 16.0. The number of nitrogens with one attached hydrogen (secondary N) is 1. The average Bonchev–Trinajstić information content (AvgIpc) is 2.48. The summed E-state index contributed by atoms with van der Waals surface area (Å²) in [5, 5.41) is 28.3. The van der Waals surface area contributed by atoms with Gasteiger partial charge >= 0.3 is 29.6 Å². The van der Waals surface area contributed by atoms with Crippen LogP contribution in [0.1, 0.15) is 40.0 Å². The predicted octanol–water partition coefficient (Wildman–Crippen LogP) is -3.57. The summed E-state index contributed by atoms with van der Waals surface area (Å²) in [5.41, 5.74) is -1.15. The smallest absolute Gasteiger partial charge is 0.846 e. The van der Waals surface area contributed by atoms with Crippen LogP contribution in [-0.2, 0) is 14.3 Å². The number of carbonyl (C=O) groups excluding carboxylic acids is 2. The topological polar surface area (TPSA) is 131 Å². The van der Waals surface area contributed by atoms with E-state index in [-0.39, 0.29) is 48.7 Å². The van der Waals surface area contributed by atoms with Gasteiger partial charge in [-0.15, -0.1) is 0 Å². The maximum atomic E-state index is 11.9. The Morgan fingerprint density at radius 1 is 1.25 bits per heavy atom. The summed E-state index contributed by atoms with van der Waals surface area (Å²) in [6, 6.07) is -0.845. The SMILES string of the molecule is CCCC(C)C1(CC)C(=O)N=C([O-])NC1=O.COC.OCCO.[Na+]. The molecule has 24 heavy (non-hydrogen) atoms. The van der Waals surface area contributed by atoms with Gasteiger partial charge in [0, 0.05) is 14.2 Å². The molecule has 0 aromatic rings. The molecule has 0 fully saturated rings. The van der Waals surface area contributed by atoms with E-state index in [2.05, 4.69) is 15.0 Å². The molecule has 0 aliphatic carbocycles. The van der Waals surface area contributed by atoms with E-state index in [9.17, 15) is 14.7 Å². The number of rotatable bonds is 5. The first kappa shape index (κ1) is 28.3. The van der Waals surface area contributed by atoms with E-state index in [0.29, 0.717) is 6.42 Å². The molecular formula is C15H29N2NaO6. The number of hydrogen-bond donors (Lipinski definition) is 3. The van der Waals surface area contributed by atoms with Gasteiger partial charge in [0.1, 0.15) is 5.41 Å². The standard InChI is InChI=1S/C11H18N2O3.C2H6O2.C2H6O.Na/c1-4-6-7(3)11(5-2)8(14)12-10(16)13-9(11)15;3-1-2-4;1-3-2;/h7H,4-6H2,1-3H3,(H2,12,13,14,15,16);3-4H,1-2H2;1-2H3;/q;;;+1/p-1. The van der Waals surface area contributed by atoms with Crippen molar-refractivity contribution in [3.05, 3.63) is 0 Å². The van der Waals surface area contributed by atoms with Crippen LogP contribution < -0.4 is 40.0 Å². The Bertz CT molecular complexity index is 390. The van der Waals surface area contributed by atoms with Gasteiger partial charge in [0.25, 0.3) is 5.91 Å². The molecular weight excluding hydrogens is 327 g/mol. The molecule has 0 saturated carbocycles. The Labute approximate surface area is 166 Å². The molecule has 0 radical (unpaired) electrons. The van der Waals surface area contributed by atoms with Crippen molar-refractivity contribution in [2.45, 2.75) is 40.0 Å². The van der Waals surface area contributed by atoms with Gasteiger partial charge in [-0.25, -0.2) is 4.99 Å². The minimum atomic E-state index is -1.15. The molecule has 8 nitrogen and oxygen atoms in total. The number of aliphatic hydroxyl groups excluding tert-OH is 2. The molecule has 9 heteroatoms. The molecule has 0 aromatic heterocycles. The molecule has 2 unspecified atom stereocenters. The van der Waals surface area contributed by atoms with Gasteiger partial charge < -0.3 is 25.4 Å². The van der Waals surface area contributed by atoms with Crippen LogP contribution >= 0.6 is 0 Å². The molecule has 0 aromatic carbocycles. The molecule has 1 rings (SSSR count). The maximum absolute atomic E-state index is 11.9. The fourth-order valence-electron chi connectivity index (χ4n) is 2.30. The average molecular weight is 356 g/mol. The first-order valence-electron chi connectivity index (χ1n) is 7.55. The number of aliphatic hydroxyl groups is 2. The molecule has 136 valence electrons. The predicted molar refractivity (Wildman–Crippen MR) is 84.5 cm³/mol. The summed E-state index contributed by atoms with van der Waals surface area (Å²) in [5.74, 6) is -1.20. The number of hydrogen-bond acceptors (Lipinski definition) is 6. The summed E-state index contributed by atoms with van der Waals surface area (Å²) in [6.45, 7) is 5.37. The van der Waals surface area contributed by atoms with Crippen molar-refractivity contribution in [2.24, 2.45) is 16.3 Å². The summed E-state index contributed by atoms with van der Waals surface area (Å²) in [7, 11) is 3.25. The van der Waals surface area contributed by atoms with Crippen LogP contribution in [-0.4, -0.2) is 55.5 Å². The van der Waals surface area contributed by atoms with Crippen LogP contribution in [0, 0.1) is 11.3 Å². The van der Waals surface area contributed by atoms with Crippen LogP contribution in [0.3, 0.4) is 0 Å². The van der Waals surface area contributed by atoms with Crippen molar-refractivity contribution in [3.63, 3.8) is 0 Å². The van der Waals surface area contributed by atoms with Crippen molar-refractivity contribution >= 4 is 17.8 Å². The zero-order valence-corrected chi connectivity index (χ0v) is 17.6.